The molecule has 2 rings (SSSR count). The molecule has 0 spiro atoms. The number of rotatable bonds is 7. The Labute approximate surface area is 145 Å². The summed E-state index contributed by atoms with van der Waals surface area (Å²) >= 11 is 0. The number of benzene rings is 2. The minimum absolute atomic E-state index is 0.0260. The molecular formula is C18H20N2O5. The van der Waals surface area contributed by atoms with E-state index in [2.05, 4.69) is 0 Å². The number of anilines is 1. The zero-order valence-corrected chi connectivity index (χ0v) is 14.4. The molecule has 0 aliphatic rings. The molecule has 25 heavy (non-hydrogen) atoms. The van der Waals surface area contributed by atoms with Crippen LogP contribution in [0.15, 0.2) is 42.5 Å². The highest BCUT2D eigenvalue weighted by Gasteiger charge is 2.19. The van der Waals surface area contributed by atoms with E-state index in [0.717, 1.165) is 5.56 Å². The minimum Gasteiger partial charge on any atom is -0.493 e. The van der Waals surface area contributed by atoms with Gasteiger partial charge in [0.25, 0.3) is 5.69 Å². The second-order valence-corrected chi connectivity index (χ2v) is 5.47. The molecule has 0 atom stereocenters. The first-order valence-corrected chi connectivity index (χ1v) is 7.77. The molecule has 2 aromatic carbocycles. The summed E-state index contributed by atoms with van der Waals surface area (Å²) in [5, 5.41) is 11.2. The summed E-state index contributed by atoms with van der Waals surface area (Å²) < 4.78 is 10.8. The molecule has 7 nitrogen and oxygen atoms in total. The van der Waals surface area contributed by atoms with Crippen LogP contribution >= 0.6 is 0 Å². The second-order valence-electron chi connectivity index (χ2n) is 5.47. The molecule has 0 aliphatic heterocycles. The van der Waals surface area contributed by atoms with E-state index in [1.54, 1.807) is 31.1 Å². The lowest BCUT2D eigenvalue weighted by molar-refractivity contribution is -0.384. The molecule has 2 aromatic rings. The average molecular weight is 344 g/mol. The fourth-order valence-corrected chi connectivity index (χ4v) is 2.32. The van der Waals surface area contributed by atoms with E-state index in [1.807, 2.05) is 19.1 Å². The van der Waals surface area contributed by atoms with Crippen molar-refractivity contribution in [2.75, 3.05) is 25.6 Å². The molecule has 132 valence electrons. The van der Waals surface area contributed by atoms with Gasteiger partial charge in [0.05, 0.1) is 17.1 Å². The van der Waals surface area contributed by atoms with Gasteiger partial charge in [0.1, 0.15) is 18.0 Å². The molecule has 0 bridgehead atoms. The van der Waals surface area contributed by atoms with Gasteiger partial charge < -0.3 is 14.4 Å². The average Bonchev–Trinajstić information content (AvgIpc) is 2.60. The number of para-hydroxylation sites is 1. The summed E-state index contributed by atoms with van der Waals surface area (Å²) in [6.45, 7) is 2.40. The predicted molar refractivity (Wildman–Crippen MR) is 94.2 cm³/mol. The number of nitro groups is 1. The lowest BCUT2D eigenvalue weighted by Crippen LogP contribution is -2.12. The third-order valence-corrected chi connectivity index (χ3v) is 3.52. The Hall–Kier alpha value is -3.09. The Bertz CT molecular complexity index is 774. The van der Waals surface area contributed by atoms with Crippen molar-refractivity contribution in [3.05, 3.63) is 63.7 Å². The van der Waals surface area contributed by atoms with Crippen molar-refractivity contribution in [1.29, 1.82) is 0 Å². The zero-order chi connectivity index (χ0) is 18.4. The first-order chi connectivity index (χ1) is 11.9. The number of carbonyl (C=O) groups excluding carboxylic acids is 1. The van der Waals surface area contributed by atoms with Crippen molar-refractivity contribution in [1.82, 2.24) is 0 Å². The topological polar surface area (TPSA) is 81.9 Å². The standard InChI is InChI=1S/C18H20N2O5/c1-4-24-17-8-6-5-7-14(17)12-25-18(21)13-9-10-15(19(2)3)16(11-13)20(22)23/h5-11H,4,12H2,1-3H3. The number of nitro benzene ring substituents is 1. The molecule has 0 N–H and O–H groups in total. The lowest BCUT2D eigenvalue weighted by atomic mass is 10.1. The molecule has 0 heterocycles. The van der Waals surface area contributed by atoms with E-state index >= 15 is 0 Å². The van der Waals surface area contributed by atoms with Crippen molar-refractivity contribution < 1.29 is 19.2 Å². The Morgan fingerprint density at radius 2 is 1.92 bits per heavy atom. The van der Waals surface area contributed by atoms with Crippen molar-refractivity contribution >= 4 is 17.3 Å². The fraction of sp³-hybridized carbons (Fsp3) is 0.278. The summed E-state index contributed by atoms with van der Waals surface area (Å²) in [6, 6.07) is 11.5. The molecule has 0 amide bonds. The normalized spacial score (nSPS) is 10.2. The van der Waals surface area contributed by atoms with Crippen LogP contribution in [-0.4, -0.2) is 31.6 Å². The number of esters is 1. The van der Waals surface area contributed by atoms with Gasteiger partial charge >= 0.3 is 5.97 Å². The monoisotopic (exact) mass is 344 g/mol. The van der Waals surface area contributed by atoms with E-state index in [9.17, 15) is 14.9 Å². The van der Waals surface area contributed by atoms with E-state index < -0.39 is 10.9 Å². The maximum Gasteiger partial charge on any atom is 0.338 e. The largest absolute Gasteiger partial charge is 0.493 e. The van der Waals surface area contributed by atoms with Crippen LogP contribution in [0.3, 0.4) is 0 Å². The number of hydrogen-bond acceptors (Lipinski definition) is 6. The maximum absolute atomic E-state index is 12.2. The third-order valence-electron chi connectivity index (χ3n) is 3.52. The van der Waals surface area contributed by atoms with Crippen molar-refractivity contribution in [3.63, 3.8) is 0 Å². The molecule has 0 radical (unpaired) electrons. The van der Waals surface area contributed by atoms with E-state index in [4.69, 9.17) is 9.47 Å². The van der Waals surface area contributed by atoms with Crippen LogP contribution in [-0.2, 0) is 11.3 Å². The van der Waals surface area contributed by atoms with Crippen molar-refractivity contribution in [2.24, 2.45) is 0 Å². The third kappa shape index (κ3) is 4.47. The highest BCUT2D eigenvalue weighted by Crippen LogP contribution is 2.28. The van der Waals surface area contributed by atoms with Crippen LogP contribution in [0.5, 0.6) is 5.75 Å². The number of carbonyl (C=O) groups is 1. The molecule has 0 aromatic heterocycles. The molecular weight excluding hydrogens is 324 g/mol. The zero-order valence-electron chi connectivity index (χ0n) is 14.4. The predicted octanol–water partition coefficient (Wildman–Crippen LogP) is 3.42. The van der Waals surface area contributed by atoms with Gasteiger partial charge in [0.15, 0.2) is 0 Å². The Morgan fingerprint density at radius 3 is 2.56 bits per heavy atom. The Morgan fingerprint density at radius 1 is 1.20 bits per heavy atom. The molecule has 7 heteroatoms. The number of hydrogen-bond donors (Lipinski definition) is 0. The summed E-state index contributed by atoms with van der Waals surface area (Å²) in [5.41, 5.74) is 1.14. The summed E-state index contributed by atoms with van der Waals surface area (Å²) in [5.74, 6) is 0.0199. The van der Waals surface area contributed by atoms with Crippen LogP contribution in [0.25, 0.3) is 0 Å². The summed E-state index contributed by atoms with van der Waals surface area (Å²) in [7, 11) is 3.40. The first-order valence-electron chi connectivity index (χ1n) is 7.77. The Kier molecular flexibility index (Phi) is 5.94. The van der Waals surface area contributed by atoms with Gasteiger partial charge in [-0.05, 0) is 25.1 Å². The van der Waals surface area contributed by atoms with Crippen molar-refractivity contribution in [2.45, 2.75) is 13.5 Å². The highest BCUT2D eigenvalue weighted by molar-refractivity contribution is 5.91. The minimum atomic E-state index is -0.625. The van der Waals surface area contributed by atoms with Gasteiger partial charge in [-0.25, -0.2) is 4.79 Å². The maximum atomic E-state index is 12.2. The van der Waals surface area contributed by atoms with Gasteiger partial charge in [0, 0.05) is 25.7 Å². The van der Waals surface area contributed by atoms with Crippen LogP contribution in [0.1, 0.15) is 22.8 Å². The summed E-state index contributed by atoms with van der Waals surface area (Å²) in [4.78, 5) is 24.6. The fourth-order valence-electron chi connectivity index (χ4n) is 2.32. The van der Waals surface area contributed by atoms with E-state index in [1.165, 1.54) is 18.2 Å². The van der Waals surface area contributed by atoms with Gasteiger partial charge in [0.2, 0.25) is 0 Å². The van der Waals surface area contributed by atoms with Crippen molar-refractivity contribution in [3.8, 4) is 5.75 Å². The highest BCUT2D eigenvalue weighted by atomic mass is 16.6. The molecule has 0 saturated carbocycles. The number of nitrogens with zero attached hydrogens (tertiary/aromatic N) is 2. The number of ether oxygens (including phenoxy) is 2. The first kappa shape index (κ1) is 18.3. The molecule has 0 fully saturated rings. The smallest absolute Gasteiger partial charge is 0.338 e. The molecule has 0 unspecified atom stereocenters. The van der Waals surface area contributed by atoms with Gasteiger partial charge in [-0.15, -0.1) is 0 Å². The SMILES string of the molecule is CCOc1ccccc1COC(=O)c1ccc(N(C)C)c([N+](=O)[O-])c1. The van der Waals surface area contributed by atoms with Gasteiger partial charge in [-0.1, -0.05) is 18.2 Å². The van der Waals surface area contributed by atoms with Crippen LogP contribution < -0.4 is 9.64 Å². The summed E-state index contributed by atoms with van der Waals surface area (Å²) in [6.07, 6.45) is 0. The molecule has 0 saturated heterocycles. The van der Waals surface area contributed by atoms with E-state index in [0.29, 0.717) is 18.0 Å². The van der Waals surface area contributed by atoms with Crippen LogP contribution in [0, 0.1) is 10.1 Å². The van der Waals surface area contributed by atoms with Gasteiger partial charge in [-0.3, -0.25) is 10.1 Å². The Balaban J connectivity index is 2.16. The lowest BCUT2D eigenvalue weighted by Gasteiger charge is -2.13. The molecule has 0 aliphatic carbocycles. The van der Waals surface area contributed by atoms with Gasteiger partial charge in [-0.2, -0.15) is 0 Å². The second kappa shape index (κ2) is 8.14. The quantitative estimate of drug-likeness (QED) is 0.435. The van der Waals surface area contributed by atoms with E-state index in [-0.39, 0.29) is 17.9 Å². The van der Waals surface area contributed by atoms with Crippen LogP contribution in [0.2, 0.25) is 0 Å². The van der Waals surface area contributed by atoms with Crippen LogP contribution in [0.4, 0.5) is 11.4 Å².